The average Bonchev–Trinajstić information content (AvgIpc) is 3.20. The minimum Gasteiger partial charge on any atom is -0.506 e. The number of hydrogen-bond acceptors (Lipinski definition) is 4. The highest BCUT2D eigenvalue weighted by Gasteiger charge is 2.18. The van der Waals surface area contributed by atoms with E-state index in [0.29, 0.717) is 5.75 Å². The van der Waals surface area contributed by atoms with E-state index in [1.54, 1.807) is 12.3 Å². The van der Waals surface area contributed by atoms with Crippen molar-refractivity contribution in [1.29, 1.82) is 0 Å². The van der Waals surface area contributed by atoms with E-state index in [9.17, 15) is 9.90 Å². The van der Waals surface area contributed by atoms with Crippen molar-refractivity contribution in [3.05, 3.63) is 54.9 Å². The van der Waals surface area contributed by atoms with Gasteiger partial charge >= 0.3 is 0 Å². The lowest BCUT2D eigenvalue weighted by molar-refractivity contribution is -0.132. The van der Waals surface area contributed by atoms with Gasteiger partial charge in [-0.25, -0.2) is 0 Å². The third-order valence-electron chi connectivity index (χ3n) is 4.69. The van der Waals surface area contributed by atoms with Crippen LogP contribution >= 0.6 is 0 Å². The summed E-state index contributed by atoms with van der Waals surface area (Å²) in [6, 6.07) is 13.5. The number of rotatable bonds is 4. The van der Waals surface area contributed by atoms with Crippen molar-refractivity contribution in [1.82, 2.24) is 9.88 Å². The monoisotopic (exact) mass is 348 g/mol. The van der Waals surface area contributed by atoms with Crippen LogP contribution < -0.4 is 4.74 Å². The summed E-state index contributed by atoms with van der Waals surface area (Å²) in [7, 11) is 0. The average molecular weight is 348 g/mol. The first kappa shape index (κ1) is 16.4. The number of ether oxygens (including phenoxy) is 1. The van der Waals surface area contributed by atoms with Crippen molar-refractivity contribution in [3.8, 4) is 22.6 Å². The summed E-state index contributed by atoms with van der Waals surface area (Å²) in [6.45, 7) is 1.68. The van der Waals surface area contributed by atoms with Crippen molar-refractivity contribution >= 4 is 16.7 Å². The third kappa shape index (κ3) is 3.33. The van der Waals surface area contributed by atoms with E-state index < -0.39 is 0 Å². The van der Waals surface area contributed by atoms with E-state index in [0.717, 1.165) is 47.8 Å². The Kier molecular flexibility index (Phi) is 4.44. The second kappa shape index (κ2) is 7.04. The minimum absolute atomic E-state index is 0.0243. The second-order valence-electron chi connectivity index (χ2n) is 6.50. The zero-order valence-corrected chi connectivity index (χ0v) is 14.4. The maximum absolute atomic E-state index is 12.2. The highest BCUT2D eigenvalue weighted by Crippen LogP contribution is 2.34. The van der Waals surface area contributed by atoms with E-state index in [1.165, 1.54) is 6.20 Å². The number of amides is 1. The fourth-order valence-corrected chi connectivity index (χ4v) is 3.38. The number of hydrogen-bond donors (Lipinski definition) is 1. The number of likely N-dealkylation sites (tertiary alicyclic amines) is 1. The molecule has 0 bridgehead atoms. The van der Waals surface area contributed by atoms with Crippen LogP contribution in [0.25, 0.3) is 21.9 Å². The SMILES string of the molecule is O=C(COc1cc(-c2cncc(O)c2)c2ccccc2c1)N1CCCC1. The molecule has 26 heavy (non-hydrogen) atoms. The van der Waals surface area contributed by atoms with Gasteiger partial charge in [0.2, 0.25) is 0 Å². The summed E-state index contributed by atoms with van der Waals surface area (Å²) in [5.74, 6) is 0.771. The van der Waals surface area contributed by atoms with Crippen molar-refractivity contribution in [3.63, 3.8) is 0 Å². The van der Waals surface area contributed by atoms with E-state index >= 15 is 0 Å². The standard InChI is InChI=1S/C21H20N2O3/c24-17-9-16(12-22-13-17)20-11-18(10-15-5-1-2-6-19(15)20)26-14-21(25)23-7-3-4-8-23/h1-2,5-6,9-13,24H,3-4,7-8,14H2. The second-order valence-corrected chi connectivity index (χ2v) is 6.50. The number of aromatic nitrogens is 1. The predicted molar refractivity (Wildman–Crippen MR) is 100 cm³/mol. The molecule has 1 fully saturated rings. The predicted octanol–water partition coefficient (Wildman–Crippen LogP) is 3.61. The Morgan fingerprint density at radius 1 is 1.12 bits per heavy atom. The Morgan fingerprint density at radius 2 is 1.92 bits per heavy atom. The lowest BCUT2D eigenvalue weighted by Crippen LogP contribution is -2.32. The summed E-state index contributed by atoms with van der Waals surface area (Å²) >= 11 is 0. The molecule has 4 rings (SSSR count). The molecule has 0 aliphatic carbocycles. The smallest absolute Gasteiger partial charge is 0.260 e. The first-order chi connectivity index (χ1) is 12.7. The zero-order chi connectivity index (χ0) is 17.9. The number of nitrogens with zero attached hydrogens (tertiary/aromatic N) is 2. The van der Waals surface area contributed by atoms with Gasteiger partial charge in [-0.15, -0.1) is 0 Å². The Balaban J connectivity index is 1.66. The topological polar surface area (TPSA) is 62.7 Å². The number of pyridine rings is 1. The Morgan fingerprint density at radius 3 is 2.73 bits per heavy atom. The summed E-state index contributed by atoms with van der Waals surface area (Å²) in [5.41, 5.74) is 1.72. The molecule has 5 nitrogen and oxygen atoms in total. The molecule has 0 spiro atoms. The molecule has 1 aliphatic rings. The summed E-state index contributed by atoms with van der Waals surface area (Å²) < 4.78 is 5.81. The molecule has 132 valence electrons. The number of benzene rings is 2. The molecule has 0 saturated carbocycles. The molecular weight excluding hydrogens is 328 g/mol. The van der Waals surface area contributed by atoms with Crippen LogP contribution in [-0.4, -0.2) is 40.6 Å². The van der Waals surface area contributed by atoms with Crippen molar-refractivity contribution in [2.45, 2.75) is 12.8 Å². The highest BCUT2D eigenvalue weighted by atomic mass is 16.5. The zero-order valence-electron chi connectivity index (χ0n) is 14.4. The molecule has 0 atom stereocenters. The highest BCUT2D eigenvalue weighted by molar-refractivity contribution is 5.98. The Hall–Kier alpha value is -3.08. The van der Waals surface area contributed by atoms with E-state index in [1.807, 2.05) is 41.3 Å². The first-order valence-corrected chi connectivity index (χ1v) is 8.78. The lowest BCUT2D eigenvalue weighted by atomic mass is 9.99. The Labute approximate surface area is 151 Å². The molecular formula is C21H20N2O3. The fraction of sp³-hybridized carbons (Fsp3) is 0.238. The van der Waals surface area contributed by atoms with Gasteiger partial charge < -0.3 is 14.7 Å². The van der Waals surface area contributed by atoms with Crippen LogP contribution in [0.5, 0.6) is 11.5 Å². The van der Waals surface area contributed by atoms with Gasteiger partial charge in [-0.3, -0.25) is 9.78 Å². The van der Waals surface area contributed by atoms with Crippen molar-refractivity contribution in [2.75, 3.05) is 19.7 Å². The number of aromatic hydroxyl groups is 1. The van der Waals surface area contributed by atoms with Gasteiger partial charge in [0.15, 0.2) is 6.61 Å². The molecule has 1 amide bonds. The first-order valence-electron chi connectivity index (χ1n) is 8.78. The lowest BCUT2D eigenvalue weighted by Gasteiger charge is -2.16. The number of fused-ring (bicyclic) bond motifs is 1. The molecule has 3 aromatic rings. The van der Waals surface area contributed by atoms with Gasteiger partial charge in [-0.05, 0) is 47.4 Å². The summed E-state index contributed by atoms with van der Waals surface area (Å²) in [4.78, 5) is 18.2. The van der Waals surface area contributed by atoms with Crippen molar-refractivity contribution in [2.24, 2.45) is 0 Å². The van der Waals surface area contributed by atoms with Gasteiger partial charge in [-0.1, -0.05) is 24.3 Å². The van der Waals surface area contributed by atoms with Crippen molar-refractivity contribution < 1.29 is 14.6 Å². The molecule has 0 unspecified atom stereocenters. The van der Waals surface area contributed by atoms with E-state index in [2.05, 4.69) is 4.98 Å². The molecule has 0 radical (unpaired) electrons. The van der Waals surface area contributed by atoms with Gasteiger partial charge in [0.25, 0.3) is 5.91 Å². The Bertz CT molecular complexity index is 949. The van der Waals surface area contributed by atoms with Crippen LogP contribution in [0.1, 0.15) is 12.8 Å². The van der Waals surface area contributed by atoms with Crippen LogP contribution in [-0.2, 0) is 4.79 Å². The summed E-state index contributed by atoms with van der Waals surface area (Å²) in [6.07, 6.45) is 5.24. The quantitative estimate of drug-likeness (QED) is 0.782. The third-order valence-corrected chi connectivity index (χ3v) is 4.69. The number of carbonyl (C=O) groups is 1. The maximum Gasteiger partial charge on any atom is 0.260 e. The van der Waals surface area contributed by atoms with Crippen LogP contribution in [0.2, 0.25) is 0 Å². The van der Waals surface area contributed by atoms with E-state index in [4.69, 9.17) is 4.74 Å². The van der Waals surface area contributed by atoms with Crippen LogP contribution in [0, 0.1) is 0 Å². The molecule has 5 heteroatoms. The number of carbonyl (C=O) groups excluding carboxylic acids is 1. The maximum atomic E-state index is 12.2. The molecule has 1 aliphatic heterocycles. The molecule has 2 aromatic carbocycles. The van der Waals surface area contributed by atoms with Crippen LogP contribution in [0.3, 0.4) is 0 Å². The van der Waals surface area contributed by atoms with Crippen LogP contribution in [0.4, 0.5) is 0 Å². The molecule has 1 aromatic heterocycles. The fourth-order valence-electron chi connectivity index (χ4n) is 3.38. The van der Waals surface area contributed by atoms with Crippen LogP contribution in [0.15, 0.2) is 54.9 Å². The normalized spacial score (nSPS) is 13.9. The van der Waals surface area contributed by atoms with E-state index in [-0.39, 0.29) is 18.3 Å². The van der Waals surface area contributed by atoms with Gasteiger partial charge in [0.1, 0.15) is 11.5 Å². The van der Waals surface area contributed by atoms with Gasteiger partial charge in [0.05, 0.1) is 6.20 Å². The van der Waals surface area contributed by atoms with Gasteiger partial charge in [-0.2, -0.15) is 0 Å². The molecule has 1 N–H and O–H groups in total. The molecule has 2 heterocycles. The van der Waals surface area contributed by atoms with Gasteiger partial charge in [0, 0.05) is 24.8 Å². The largest absolute Gasteiger partial charge is 0.506 e. The molecule has 1 saturated heterocycles. The minimum atomic E-state index is 0.0243. The summed E-state index contributed by atoms with van der Waals surface area (Å²) in [5, 5.41) is 11.8.